The Labute approximate surface area is 123 Å². The number of aromatic nitrogens is 3. The van der Waals surface area contributed by atoms with E-state index >= 15 is 0 Å². The highest BCUT2D eigenvalue weighted by atomic mass is 35.5. The van der Waals surface area contributed by atoms with Crippen LogP contribution in [0.1, 0.15) is 25.7 Å². The first-order valence-corrected chi connectivity index (χ1v) is 7.59. The topological polar surface area (TPSA) is 42.7 Å². The molecule has 5 heteroatoms. The number of rotatable bonds is 3. The van der Waals surface area contributed by atoms with Crippen molar-refractivity contribution in [1.82, 2.24) is 14.8 Å². The van der Waals surface area contributed by atoms with Crippen molar-refractivity contribution in [2.45, 2.75) is 31.7 Å². The van der Waals surface area contributed by atoms with Crippen LogP contribution >= 0.6 is 11.6 Å². The lowest BCUT2D eigenvalue weighted by atomic mass is 9.95. The first kappa shape index (κ1) is 12.2. The molecular weight excluding hydrogens is 272 g/mol. The van der Waals surface area contributed by atoms with Gasteiger partial charge in [0.1, 0.15) is 18.3 Å². The number of hydrogen-bond donors (Lipinski definition) is 1. The lowest BCUT2D eigenvalue weighted by Crippen LogP contribution is -2.26. The first-order valence-electron chi connectivity index (χ1n) is 7.21. The van der Waals surface area contributed by atoms with E-state index in [2.05, 4.69) is 21.5 Å². The van der Waals surface area contributed by atoms with E-state index < -0.39 is 0 Å². The van der Waals surface area contributed by atoms with Crippen LogP contribution in [0.3, 0.4) is 0 Å². The molecule has 3 atom stereocenters. The molecule has 20 heavy (non-hydrogen) atoms. The van der Waals surface area contributed by atoms with Crippen molar-refractivity contribution >= 4 is 17.3 Å². The molecule has 0 aliphatic heterocycles. The van der Waals surface area contributed by atoms with Crippen LogP contribution in [0.5, 0.6) is 0 Å². The Kier molecular flexibility index (Phi) is 2.91. The number of anilines is 1. The second-order valence-electron chi connectivity index (χ2n) is 5.90. The van der Waals surface area contributed by atoms with Crippen LogP contribution in [0.15, 0.2) is 30.9 Å². The van der Waals surface area contributed by atoms with Gasteiger partial charge >= 0.3 is 0 Å². The summed E-state index contributed by atoms with van der Waals surface area (Å²) in [5, 5.41) is 8.61. The second-order valence-corrected chi connectivity index (χ2v) is 6.31. The fraction of sp³-hybridized carbons (Fsp3) is 0.467. The van der Waals surface area contributed by atoms with E-state index in [0.29, 0.717) is 11.1 Å². The summed E-state index contributed by atoms with van der Waals surface area (Å²) >= 11 is 6.36. The van der Waals surface area contributed by atoms with Crippen LogP contribution in [0.25, 0.3) is 5.69 Å². The van der Waals surface area contributed by atoms with Crippen LogP contribution in [0, 0.1) is 11.8 Å². The molecule has 1 aromatic heterocycles. The van der Waals surface area contributed by atoms with Gasteiger partial charge in [-0.15, -0.1) is 0 Å². The molecule has 1 N–H and O–H groups in total. The fourth-order valence-corrected chi connectivity index (χ4v) is 4.07. The summed E-state index contributed by atoms with van der Waals surface area (Å²) < 4.78 is 1.73. The molecule has 0 radical (unpaired) electrons. The van der Waals surface area contributed by atoms with E-state index in [4.69, 9.17) is 11.6 Å². The third-order valence-corrected chi connectivity index (χ3v) is 5.02. The molecule has 104 valence electrons. The Balaban J connectivity index is 1.66. The molecule has 0 amide bonds. The smallest absolute Gasteiger partial charge is 0.138 e. The van der Waals surface area contributed by atoms with E-state index in [1.807, 2.05) is 12.1 Å². The van der Waals surface area contributed by atoms with Gasteiger partial charge in [0, 0.05) is 6.04 Å². The monoisotopic (exact) mass is 288 g/mol. The Hall–Kier alpha value is -1.55. The highest BCUT2D eigenvalue weighted by molar-refractivity contribution is 6.33. The van der Waals surface area contributed by atoms with E-state index in [-0.39, 0.29) is 0 Å². The maximum absolute atomic E-state index is 6.36. The zero-order valence-electron chi connectivity index (χ0n) is 11.2. The molecule has 2 aliphatic carbocycles. The zero-order chi connectivity index (χ0) is 13.5. The molecule has 0 spiro atoms. The van der Waals surface area contributed by atoms with Crippen molar-refractivity contribution in [3.63, 3.8) is 0 Å². The van der Waals surface area contributed by atoms with Gasteiger partial charge in [0.05, 0.1) is 10.7 Å². The summed E-state index contributed by atoms with van der Waals surface area (Å²) in [4.78, 5) is 4.02. The third kappa shape index (κ3) is 1.99. The average Bonchev–Trinajstić information content (AvgIpc) is 3.16. The summed E-state index contributed by atoms with van der Waals surface area (Å²) in [6, 6.07) is 6.53. The number of nitrogens with zero attached hydrogens (tertiary/aromatic N) is 3. The maximum atomic E-state index is 6.36. The standard InChI is InChI=1S/C15H17ClN4/c16-12-2-1-3-13(15(12)20-9-17-8-18-20)19-14-7-10-4-5-11(14)6-10/h1-3,8-11,14,19H,4-7H2. The number of benzene rings is 1. The van der Waals surface area contributed by atoms with Gasteiger partial charge in [-0.3, -0.25) is 0 Å². The molecule has 2 fully saturated rings. The van der Waals surface area contributed by atoms with E-state index in [9.17, 15) is 0 Å². The summed E-state index contributed by atoms with van der Waals surface area (Å²) in [5.41, 5.74) is 1.95. The number of fused-ring (bicyclic) bond motifs is 2. The number of halogens is 1. The summed E-state index contributed by atoms with van der Waals surface area (Å²) in [7, 11) is 0. The normalized spacial score (nSPS) is 27.9. The van der Waals surface area contributed by atoms with E-state index in [1.54, 1.807) is 11.0 Å². The maximum Gasteiger partial charge on any atom is 0.138 e. The average molecular weight is 289 g/mol. The highest BCUT2D eigenvalue weighted by Crippen LogP contribution is 2.46. The Bertz CT molecular complexity index is 610. The Morgan fingerprint density at radius 3 is 2.90 bits per heavy atom. The van der Waals surface area contributed by atoms with Crippen LogP contribution in [-0.4, -0.2) is 20.8 Å². The van der Waals surface area contributed by atoms with Gasteiger partial charge in [-0.2, -0.15) is 5.10 Å². The van der Waals surface area contributed by atoms with Crippen LogP contribution in [0.2, 0.25) is 5.02 Å². The van der Waals surface area contributed by atoms with Crippen LogP contribution in [0.4, 0.5) is 5.69 Å². The second kappa shape index (κ2) is 4.77. The van der Waals surface area contributed by atoms with Crippen molar-refractivity contribution in [2.75, 3.05) is 5.32 Å². The van der Waals surface area contributed by atoms with Crippen LogP contribution in [-0.2, 0) is 0 Å². The van der Waals surface area contributed by atoms with E-state index in [0.717, 1.165) is 23.2 Å². The third-order valence-electron chi connectivity index (χ3n) is 4.71. The molecule has 1 heterocycles. The van der Waals surface area contributed by atoms with Gasteiger partial charge < -0.3 is 5.32 Å². The number of para-hydroxylation sites is 1. The summed E-state index contributed by atoms with van der Waals surface area (Å²) in [5.74, 6) is 1.74. The number of nitrogens with one attached hydrogen (secondary N) is 1. The van der Waals surface area contributed by atoms with Gasteiger partial charge in [-0.05, 0) is 43.2 Å². The molecule has 1 aromatic carbocycles. The van der Waals surface area contributed by atoms with Crippen molar-refractivity contribution < 1.29 is 0 Å². The molecule has 2 aromatic rings. The molecule has 3 unspecified atom stereocenters. The predicted molar refractivity (Wildman–Crippen MR) is 79.2 cm³/mol. The summed E-state index contributed by atoms with van der Waals surface area (Å²) in [6.45, 7) is 0. The van der Waals surface area contributed by atoms with Crippen molar-refractivity contribution in [3.05, 3.63) is 35.9 Å². The minimum Gasteiger partial charge on any atom is -0.380 e. The molecule has 4 nitrogen and oxygen atoms in total. The highest BCUT2D eigenvalue weighted by Gasteiger charge is 2.39. The lowest BCUT2D eigenvalue weighted by molar-refractivity contribution is 0.439. The molecular formula is C15H17ClN4. The Morgan fingerprint density at radius 1 is 1.25 bits per heavy atom. The molecule has 4 rings (SSSR count). The minimum atomic E-state index is 0.578. The largest absolute Gasteiger partial charge is 0.380 e. The SMILES string of the molecule is Clc1cccc(NC2CC3CCC2C3)c1-n1cncn1. The molecule has 2 aliphatic rings. The molecule has 2 bridgehead atoms. The quantitative estimate of drug-likeness (QED) is 0.940. The molecule has 0 saturated heterocycles. The lowest BCUT2D eigenvalue weighted by Gasteiger charge is -2.25. The van der Waals surface area contributed by atoms with Gasteiger partial charge in [0.2, 0.25) is 0 Å². The number of hydrogen-bond acceptors (Lipinski definition) is 3. The van der Waals surface area contributed by atoms with E-state index in [1.165, 1.54) is 32.0 Å². The zero-order valence-corrected chi connectivity index (χ0v) is 11.9. The van der Waals surface area contributed by atoms with Gasteiger partial charge in [-0.1, -0.05) is 24.1 Å². The Morgan fingerprint density at radius 2 is 2.20 bits per heavy atom. The molecule has 2 saturated carbocycles. The van der Waals surface area contributed by atoms with Crippen molar-refractivity contribution in [3.8, 4) is 5.69 Å². The van der Waals surface area contributed by atoms with Gasteiger partial charge in [0.15, 0.2) is 0 Å². The van der Waals surface area contributed by atoms with Crippen molar-refractivity contribution in [1.29, 1.82) is 0 Å². The fourth-order valence-electron chi connectivity index (χ4n) is 3.81. The minimum absolute atomic E-state index is 0.578. The predicted octanol–water partition coefficient (Wildman–Crippen LogP) is 3.52. The van der Waals surface area contributed by atoms with Gasteiger partial charge in [0.25, 0.3) is 0 Å². The summed E-state index contributed by atoms with van der Waals surface area (Å²) in [6.07, 6.45) is 8.67. The van der Waals surface area contributed by atoms with Crippen molar-refractivity contribution in [2.24, 2.45) is 11.8 Å². The van der Waals surface area contributed by atoms with Crippen LogP contribution < -0.4 is 5.32 Å². The van der Waals surface area contributed by atoms with Gasteiger partial charge in [-0.25, -0.2) is 9.67 Å². The first-order chi connectivity index (χ1) is 9.81.